The third-order valence-electron chi connectivity index (χ3n) is 4.33. The fraction of sp³-hybridized carbons (Fsp3) is 0.529. The summed E-state index contributed by atoms with van der Waals surface area (Å²) in [4.78, 5) is 2.22. The molecule has 108 valence electrons. The zero-order chi connectivity index (χ0) is 14.1. The maximum Gasteiger partial charge on any atom is 0.123 e. The standard InChI is InChI=1S/C17H23FN2/c1-19(2)10-5-11-20-16-7-4-3-6-14(16)15-12-13(18)8-9-17(15)20/h8-9,12H,3-7,10-11H2,1-2H3. The summed E-state index contributed by atoms with van der Waals surface area (Å²) in [6.45, 7) is 2.13. The van der Waals surface area contributed by atoms with E-state index < -0.39 is 0 Å². The van der Waals surface area contributed by atoms with Crippen LogP contribution in [0.25, 0.3) is 10.9 Å². The summed E-state index contributed by atoms with van der Waals surface area (Å²) in [5, 5.41) is 1.14. The lowest BCUT2D eigenvalue weighted by Crippen LogP contribution is -2.16. The number of hydrogen-bond donors (Lipinski definition) is 0. The van der Waals surface area contributed by atoms with Gasteiger partial charge in [-0.05, 0) is 76.5 Å². The molecule has 0 amide bonds. The Morgan fingerprint density at radius 1 is 1.20 bits per heavy atom. The van der Waals surface area contributed by atoms with Gasteiger partial charge in [-0.2, -0.15) is 0 Å². The SMILES string of the molecule is CN(C)CCCn1c2c(c3cc(F)ccc31)CCCC2. The van der Waals surface area contributed by atoms with Gasteiger partial charge in [0.2, 0.25) is 0 Å². The lowest BCUT2D eigenvalue weighted by atomic mass is 9.95. The summed E-state index contributed by atoms with van der Waals surface area (Å²) in [7, 11) is 4.22. The van der Waals surface area contributed by atoms with Crippen LogP contribution >= 0.6 is 0 Å². The van der Waals surface area contributed by atoms with Gasteiger partial charge in [-0.15, -0.1) is 0 Å². The van der Waals surface area contributed by atoms with Crippen LogP contribution in [0.5, 0.6) is 0 Å². The minimum atomic E-state index is -0.115. The topological polar surface area (TPSA) is 8.17 Å². The minimum absolute atomic E-state index is 0.115. The van der Waals surface area contributed by atoms with Crippen molar-refractivity contribution in [3.63, 3.8) is 0 Å². The van der Waals surface area contributed by atoms with E-state index in [0.717, 1.165) is 37.7 Å². The Morgan fingerprint density at radius 3 is 2.80 bits per heavy atom. The Hall–Kier alpha value is -1.35. The van der Waals surface area contributed by atoms with Gasteiger partial charge in [0.05, 0.1) is 0 Å². The molecule has 0 spiro atoms. The molecule has 0 saturated carbocycles. The first-order valence-electron chi connectivity index (χ1n) is 7.61. The smallest absolute Gasteiger partial charge is 0.123 e. The Balaban J connectivity index is 2.01. The van der Waals surface area contributed by atoms with Gasteiger partial charge in [0.15, 0.2) is 0 Å². The van der Waals surface area contributed by atoms with E-state index in [1.54, 1.807) is 12.1 Å². The number of aromatic nitrogens is 1. The molecule has 3 heteroatoms. The van der Waals surface area contributed by atoms with Crippen molar-refractivity contribution in [3.8, 4) is 0 Å². The van der Waals surface area contributed by atoms with Gasteiger partial charge in [0, 0.05) is 23.1 Å². The van der Waals surface area contributed by atoms with Gasteiger partial charge >= 0.3 is 0 Å². The molecule has 1 heterocycles. The van der Waals surface area contributed by atoms with Crippen LogP contribution in [-0.4, -0.2) is 30.1 Å². The van der Waals surface area contributed by atoms with Crippen LogP contribution in [-0.2, 0) is 19.4 Å². The van der Waals surface area contributed by atoms with Crippen molar-refractivity contribution >= 4 is 10.9 Å². The highest BCUT2D eigenvalue weighted by Gasteiger charge is 2.19. The predicted molar refractivity (Wildman–Crippen MR) is 81.7 cm³/mol. The lowest BCUT2D eigenvalue weighted by Gasteiger charge is -2.17. The summed E-state index contributed by atoms with van der Waals surface area (Å²) in [6, 6.07) is 5.27. The maximum atomic E-state index is 13.6. The Kier molecular flexibility index (Phi) is 3.79. The average molecular weight is 274 g/mol. The van der Waals surface area contributed by atoms with E-state index >= 15 is 0 Å². The molecule has 2 nitrogen and oxygen atoms in total. The number of aryl methyl sites for hydroxylation is 2. The predicted octanol–water partition coefficient (Wildman–Crippen LogP) is 3.61. The van der Waals surface area contributed by atoms with Crippen molar-refractivity contribution in [1.82, 2.24) is 9.47 Å². The van der Waals surface area contributed by atoms with E-state index in [2.05, 4.69) is 23.6 Å². The summed E-state index contributed by atoms with van der Waals surface area (Å²) < 4.78 is 16.0. The summed E-state index contributed by atoms with van der Waals surface area (Å²) in [5.74, 6) is -0.115. The number of fused-ring (bicyclic) bond motifs is 3. The molecule has 0 fully saturated rings. The van der Waals surface area contributed by atoms with Gasteiger partial charge in [0.25, 0.3) is 0 Å². The second kappa shape index (κ2) is 5.57. The van der Waals surface area contributed by atoms with Crippen LogP contribution in [0.4, 0.5) is 4.39 Å². The molecule has 0 bridgehead atoms. The third kappa shape index (κ3) is 2.47. The highest BCUT2D eigenvalue weighted by atomic mass is 19.1. The van der Waals surface area contributed by atoms with Gasteiger partial charge in [-0.1, -0.05) is 0 Å². The lowest BCUT2D eigenvalue weighted by molar-refractivity contribution is 0.386. The molecule has 1 aromatic carbocycles. The molecule has 0 N–H and O–H groups in total. The molecule has 2 aromatic rings. The molecule has 0 radical (unpaired) electrons. The van der Waals surface area contributed by atoms with Gasteiger partial charge in [-0.3, -0.25) is 0 Å². The van der Waals surface area contributed by atoms with Gasteiger partial charge in [0.1, 0.15) is 5.82 Å². The van der Waals surface area contributed by atoms with E-state index in [-0.39, 0.29) is 5.82 Å². The van der Waals surface area contributed by atoms with Gasteiger partial charge in [-0.25, -0.2) is 4.39 Å². The average Bonchev–Trinajstić information content (AvgIpc) is 2.73. The Labute approximate surface area is 120 Å². The quantitative estimate of drug-likeness (QED) is 0.827. The fourth-order valence-electron chi connectivity index (χ4n) is 3.41. The molecule has 0 atom stereocenters. The molecule has 1 aliphatic carbocycles. The number of rotatable bonds is 4. The largest absolute Gasteiger partial charge is 0.344 e. The van der Waals surface area contributed by atoms with E-state index in [9.17, 15) is 4.39 Å². The second-order valence-corrected chi connectivity index (χ2v) is 6.10. The number of halogens is 1. The minimum Gasteiger partial charge on any atom is -0.344 e. The summed E-state index contributed by atoms with van der Waals surface area (Å²) >= 11 is 0. The van der Waals surface area contributed by atoms with Crippen molar-refractivity contribution in [2.45, 2.75) is 38.6 Å². The number of hydrogen-bond acceptors (Lipinski definition) is 1. The number of nitrogens with zero attached hydrogens (tertiary/aromatic N) is 2. The van der Waals surface area contributed by atoms with Crippen LogP contribution in [0, 0.1) is 5.82 Å². The molecule has 20 heavy (non-hydrogen) atoms. The van der Waals surface area contributed by atoms with Crippen molar-refractivity contribution < 1.29 is 4.39 Å². The molecule has 0 unspecified atom stereocenters. The summed E-state index contributed by atoms with van der Waals surface area (Å²) in [6.07, 6.45) is 5.89. The molecule has 0 aliphatic heterocycles. The third-order valence-corrected chi connectivity index (χ3v) is 4.33. The molecular formula is C17H23FN2. The van der Waals surface area contributed by atoms with Crippen molar-refractivity contribution in [2.24, 2.45) is 0 Å². The normalized spacial score (nSPS) is 15.0. The van der Waals surface area contributed by atoms with Crippen LogP contribution < -0.4 is 0 Å². The van der Waals surface area contributed by atoms with Crippen molar-refractivity contribution in [2.75, 3.05) is 20.6 Å². The van der Waals surface area contributed by atoms with Crippen LogP contribution in [0.2, 0.25) is 0 Å². The van der Waals surface area contributed by atoms with E-state index in [1.165, 1.54) is 29.6 Å². The Bertz CT molecular complexity index is 613. The molecule has 1 aromatic heterocycles. The Morgan fingerprint density at radius 2 is 2.00 bits per heavy atom. The number of benzene rings is 1. The van der Waals surface area contributed by atoms with Crippen LogP contribution in [0.15, 0.2) is 18.2 Å². The zero-order valence-corrected chi connectivity index (χ0v) is 12.5. The van der Waals surface area contributed by atoms with Gasteiger partial charge < -0.3 is 9.47 Å². The van der Waals surface area contributed by atoms with E-state index in [4.69, 9.17) is 0 Å². The molecular weight excluding hydrogens is 251 g/mol. The monoisotopic (exact) mass is 274 g/mol. The molecule has 1 aliphatic rings. The summed E-state index contributed by atoms with van der Waals surface area (Å²) in [5.41, 5.74) is 4.07. The van der Waals surface area contributed by atoms with E-state index in [0.29, 0.717) is 0 Å². The van der Waals surface area contributed by atoms with Crippen LogP contribution in [0.1, 0.15) is 30.5 Å². The van der Waals surface area contributed by atoms with Crippen molar-refractivity contribution in [3.05, 3.63) is 35.3 Å². The maximum absolute atomic E-state index is 13.6. The fourth-order valence-corrected chi connectivity index (χ4v) is 3.41. The first-order chi connectivity index (χ1) is 9.66. The highest BCUT2D eigenvalue weighted by molar-refractivity contribution is 5.86. The first-order valence-corrected chi connectivity index (χ1v) is 7.61. The van der Waals surface area contributed by atoms with E-state index in [1.807, 2.05) is 6.07 Å². The zero-order valence-electron chi connectivity index (χ0n) is 12.5. The second-order valence-electron chi connectivity index (χ2n) is 6.10. The molecule has 3 rings (SSSR count). The highest BCUT2D eigenvalue weighted by Crippen LogP contribution is 2.32. The first kappa shape index (κ1) is 13.6. The molecule has 0 saturated heterocycles. The van der Waals surface area contributed by atoms with Crippen molar-refractivity contribution in [1.29, 1.82) is 0 Å². The van der Waals surface area contributed by atoms with Crippen LogP contribution in [0.3, 0.4) is 0 Å².